The minimum atomic E-state index is -1.16. The first-order chi connectivity index (χ1) is 8.01. The molecule has 0 aliphatic rings. The Bertz CT molecular complexity index is 426. The first-order valence-electron chi connectivity index (χ1n) is 4.86. The van der Waals surface area contributed by atoms with Crippen molar-refractivity contribution in [3.63, 3.8) is 0 Å². The third-order valence-electron chi connectivity index (χ3n) is 2.29. The van der Waals surface area contributed by atoms with Crippen molar-refractivity contribution in [2.75, 3.05) is 14.2 Å². The van der Waals surface area contributed by atoms with Gasteiger partial charge in [0.25, 0.3) is 0 Å². The van der Waals surface area contributed by atoms with Crippen LogP contribution < -0.4 is 0 Å². The lowest BCUT2D eigenvalue weighted by atomic mass is 10.1. The Kier molecular flexibility index (Phi) is 4.22. The molecule has 0 radical (unpaired) electrons. The monoisotopic (exact) mass is 242 g/mol. The van der Waals surface area contributed by atoms with Crippen LogP contribution in [0.2, 0.25) is 0 Å². The Morgan fingerprint density at radius 3 is 2.65 bits per heavy atom. The number of nitrogens with zero attached hydrogens (tertiary/aromatic N) is 2. The lowest BCUT2D eigenvalue weighted by Gasteiger charge is -2.11. The Labute approximate surface area is 97.9 Å². The number of ether oxygens (including phenoxy) is 2. The molecule has 1 aromatic rings. The summed E-state index contributed by atoms with van der Waals surface area (Å²) in [6.07, 6.45) is -0.133. The number of aliphatic hydroxyl groups is 1. The van der Waals surface area contributed by atoms with Crippen LogP contribution in [0.1, 0.15) is 28.6 Å². The fourth-order valence-corrected chi connectivity index (χ4v) is 1.45. The second kappa shape index (κ2) is 5.44. The zero-order chi connectivity index (χ0) is 13.0. The highest BCUT2D eigenvalue weighted by Gasteiger charge is 2.24. The number of carbonyl (C=O) groups is 2. The minimum absolute atomic E-state index is 0.131. The summed E-state index contributed by atoms with van der Waals surface area (Å²) in [6, 6.07) is 0. The molecule has 17 heavy (non-hydrogen) atoms. The normalized spacial score (nSPS) is 12.0. The van der Waals surface area contributed by atoms with Gasteiger partial charge in [-0.3, -0.25) is 9.48 Å². The second-order valence-corrected chi connectivity index (χ2v) is 3.35. The van der Waals surface area contributed by atoms with Gasteiger partial charge in [0, 0.05) is 7.05 Å². The number of rotatable bonds is 4. The zero-order valence-electron chi connectivity index (χ0n) is 9.84. The van der Waals surface area contributed by atoms with E-state index in [0.717, 1.165) is 0 Å². The molecule has 1 atom stereocenters. The topological polar surface area (TPSA) is 90.7 Å². The van der Waals surface area contributed by atoms with E-state index in [1.54, 1.807) is 7.05 Å². The van der Waals surface area contributed by atoms with Crippen LogP contribution in [-0.2, 0) is 21.3 Å². The van der Waals surface area contributed by atoms with Gasteiger partial charge in [-0.1, -0.05) is 0 Å². The van der Waals surface area contributed by atoms with Gasteiger partial charge in [0.1, 0.15) is 11.7 Å². The van der Waals surface area contributed by atoms with Crippen LogP contribution in [-0.4, -0.2) is 41.0 Å². The van der Waals surface area contributed by atoms with Crippen molar-refractivity contribution in [3.05, 3.63) is 17.5 Å². The maximum Gasteiger partial charge on any atom is 0.341 e. The largest absolute Gasteiger partial charge is 0.469 e. The maximum absolute atomic E-state index is 11.4. The lowest BCUT2D eigenvalue weighted by Crippen LogP contribution is -2.15. The van der Waals surface area contributed by atoms with Crippen molar-refractivity contribution in [1.82, 2.24) is 9.78 Å². The Hall–Kier alpha value is -1.89. The molecular weight excluding hydrogens is 228 g/mol. The van der Waals surface area contributed by atoms with E-state index in [-0.39, 0.29) is 17.7 Å². The molecule has 0 aromatic carbocycles. The number of hydrogen-bond donors (Lipinski definition) is 1. The number of carbonyl (C=O) groups excluding carboxylic acids is 2. The molecule has 0 amide bonds. The molecule has 94 valence electrons. The van der Waals surface area contributed by atoms with E-state index >= 15 is 0 Å². The van der Waals surface area contributed by atoms with Gasteiger partial charge in [-0.2, -0.15) is 5.10 Å². The van der Waals surface area contributed by atoms with Crippen molar-refractivity contribution in [1.29, 1.82) is 0 Å². The highest BCUT2D eigenvalue weighted by Crippen LogP contribution is 2.21. The number of hydrogen-bond acceptors (Lipinski definition) is 6. The molecule has 0 aliphatic heterocycles. The van der Waals surface area contributed by atoms with Crippen molar-refractivity contribution in [2.24, 2.45) is 7.05 Å². The van der Waals surface area contributed by atoms with Crippen molar-refractivity contribution < 1.29 is 24.2 Å². The van der Waals surface area contributed by atoms with Crippen LogP contribution in [0.5, 0.6) is 0 Å². The molecule has 7 heteroatoms. The smallest absolute Gasteiger partial charge is 0.341 e. The van der Waals surface area contributed by atoms with Crippen molar-refractivity contribution in [3.8, 4) is 0 Å². The Balaban J connectivity index is 2.99. The summed E-state index contributed by atoms with van der Waals surface area (Å²) in [6.45, 7) is 0. The summed E-state index contributed by atoms with van der Waals surface area (Å²) >= 11 is 0. The van der Waals surface area contributed by atoms with Crippen LogP contribution in [0.3, 0.4) is 0 Å². The predicted molar refractivity (Wildman–Crippen MR) is 56.1 cm³/mol. The number of aliphatic hydroxyl groups excluding tert-OH is 1. The van der Waals surface area contributed by atoms with Gasteiger partial charge in [0.05, 0.1) is 32.5 Å². The van der Waals surface area contributed by atoms with Crippen LogP contribution >= 0.6 is 0 Å². The van der Waals surface area contributed by atoms with E-state index in [1.165, 1.54) is 25.1 Å². The van der Waals surface area contributed by atoms with E-state index in [0.29, 0.717) is 0 Å². The average Bonchev–Trinajstić information content (AvgIpc) is 2.69. The van der Waals surface area contributed by atoms with Crippen LogP contribution in [0, 0.1) is 0 Å². The number of methoxy groups -OCH3 is 2. The third-order valence-corrected chi connectivity index (χ3v) is 2.29. The van der Waals surface area contributed by atoms with Gasteiger partial charge in [0.15, 0.2) is 0 Å². The van der Waals surface area contributed by atoms with E-state index in [2.05, 4.69) is 14.6 Å². The number of esters is 2. The molecule has 0 fully saturated rings. The fourth-order valence-electron chi connectivity index (χ4n) is 1.45. The summed E-state index contributed by atoms with van der Waals surface area (Å²) in [5, 5.41) is 13.7. The highest BCUT2D eigenvalue weighted by atomic mass is 16.5. The van der Waals surface area contributed by atoms with Crippen molar-refractivity contribution in [2.45, 2.75) is 12.5 Å². The zero-order valence-corrected chi connectivity index (χ0v) is 9.84. The summed E-state index contributed by atoms with van der Waals surface area (Å²) < 4.78 is 10.3. The lowest BCUT2D eigenvalue weighted by molar-refractivity contribution is -0.143. The predicted octanol–water partition coefficient (Wildman–Crippen LogP) is -0.197. The maximum atomic E-state index is 11.4. The quantitative estimate of drug-likeness (QED) is 0.735. The number of aryl methyl sites for hydroxylation is 1. The molecule has 0 aliphatic carbocycles. The standard InChI is InChI=1S/C10H14N2O5/c1-12-9(7(13)4-8(14)16-2)6(5-11-12)10(15)17-3/h5,7,13H,4H2,1-3H3/t7-/m0/s1. The molecule has 0 unspecified atom stereocenters. The second-order valence-electron chi connectivity index (χ2n) is 3.35. The summed E-state index contributed by atoms with van der Waals surface area (Å²) in [7, 11) is 4.01. The molecule has 0 saturated carbocycles. The Morgan fingerprint density at radius 1 is 1.47 bits per heavy atom. The third kappa shape index (κ3) is 2.82. The van der Waals surface area contributed by atoms with Gasteiger partial charge in [-0.25, -0.2) is 4.79 Å². The van der Waals surface area contributed by atoms with Crippen molar-refractivity contribution >= 4 is 11.9 Å². The average molecular weight is 242 g/mol. The van der Waals surface area contributed by atoms with E-state index in [9.17, 15) is 14.7 Å². The number of aromatic nitrogens is 2. The van der Waals surface area contributed by atoms with Crippen LogP contribution in [0.4, 0.5) is 0 Å². The summed E-state index contributed by atoms with van der Waals surface area (Å²) in [5.41, 5.74) is 0.355. The SMILES string of the molecule is COC(=O)C[C@H](O)c1c(C(=O)OC)cnn1C. The fraction of sp³-hybridized carbons (Fsp3) is 0.500. The minimum Gasteiger partial charge on any atom is -0.469 e. The molecule has 1 heterocycles. The van der Waals surface area contributed by atoms with Gasteiger partial charge in [0.2, 0.25) is 0 Å². The molecule has 0 bridgehead atoms. The van der Waals surface area contributed by atoms with E-state index in [1.807, 2.05) is 0 Å². The molecular formula is C10H14N2O5. The molecule has 1 rings (SSSR count). The van der Waals surface area contributed by atoms with Gasteiger partial charge in [-0.15, -0.1) is 0 Å². The van der Waals surface area contributed by atoms with Gasteiger partial charge < -0.3 is 14.6 Å². The molecule has 1 aromatic heterocycles. The summed E-state index contributed by atoms with van der Waals surface area (Å²) in [4.78, 5) is 22.5. The van der Waals surface area contributed by atoms with E-state index < -0.39 is 18.0 Å². The van der Waals surface area contributed by atoms with Gasteiger partial charge >= 0.3 is 11.9 Å². The van der Waals surface area contributed by atoms with Crippen LogP contribution in [0.15, 0.2) is 6.20 Å². The Morgan fingerprint density at radius 2 is 2.12 bits per heavy atom. The van der Waals surface area contributed by atoms with E-state index in [4.69, 9.17) is 0 Å². The first kappa shape index (κ1) is 13.2. The highest BCUT2D eigenvalue weighted by molar-refractivity contribution is 5.90. The van der Waals surface area contributed by atoms with Crippen LogP contribution in [0.25, 0.3) is 0 Å². The van der Waals surface area contributed by atoms with Gasteiger partial charge in [-0.05, 0) is 0 Å². The molecule has 0 spiro atoms. The molecule has 0 saturated heterocycles. The molecule has 1 N–H and O–H groups in total. The molecule has 7 nitrogen and oxygen atoms in total. The first-order valence-corrected chi connectivity index (χ1v) is 4.86. The summed E-state index contributed by atoms with van der Waals surface area (Å²) in [5.74, 6) is -1.19.